The summed E-state index contributed by atoms with van der Waals surface area (Å²) in [6.07, 6.45) is 2.75. The largest absolute Gasteiger partial charge is 0.477 e. The van der Waals surface area contributed by atoms with Gasteiger partial charge in [-0.2, -0.15) is 5.10 Å². The van der Waals surface area contributed by atoms with E-state index in [9.17, 15) is 19.5 Å². The number of esters is 1. The lowest BCUT2D eigenvalue weighted by Crippen LogP contribution is -2.19. The number of amides is 2. The number of aromatic carboxylic acids is 1. The van der Waals surface area contributed by atoms with Gasteiger partial charge in [0.25, 0.3) is 0 Å². The SMILES string of the molecule is CCOC(=O)c1ccc(NC(=O)Nc2cccc(-c3ccnc4c(C(=O)O)cnn34)c2)cc1. The lowest BCUT2D eigenvalue weighted by Gasteiger charge is -2.10. The van der Waals surface area contributed by atoms with E-state index in [1.54, 1.807) is 55.5 Å². The number of carbonyl (C=O) groups excluding carboxylic acids is 2. The number of rotatable bonds is 6. The van der Waals surface area contributed by atoms with E-state index >= 15 is 0 Å². The van der Waals surface area contributed by atoms with Crippen molar-refractivity contribution in [3.8, 4) is 11.3 Å². The van der Waals surface area contributed by atoms with Crippen LogP contribution in [0.25, 0.3) is 16.9 Å². The van der Waals surface area contributed by atoms with Crippen LogP contribution in [0.1, 0.15) is 27.6 Å². The number of urea groups is 1. The third-order valence-electron chi connectivity index (χ3n) is 4.70. The fourth-order valence-corrected chi connectivity index (χ4v) is 3.21. The van der Waals surface area contributed by atoms with E-state index in [-0.39, 0.29) is 17.8 Å². The van der Waals surface area contributed by atoms with Gasteiger partial charge < -0.3 is 20.5 Å². The van der Waals surface area contributed by atoms with E-state index in [1.807, 2.05) is 6.07 Å². The Morgan fingerprint density at radius 1 is 1.03 bits per heavy atom. The van der Waals surface area contributed by atoms with Crippen LogP contribution in [0.15, 0.2) is 67.0 Å². The first-order chi connectivity index (χ1) is 16.0. The van der Waals surface area contributed by atoms with Crippen LogP contribution in [-0.2, 0) is 4.74 Å². The highest BCUT2D eigenvalue weighted by Gasteiger charge is 2.15. The second kappa shape index (κ2) is 9.18. The van der Waals surface area contributed by atoms with Crippen LogP contribution in [0.2, 0.25) is 0 Å². The number of hydrogen-bond acceptors (Lipinski definition) is 6. The van der Waals surface area contributed by atoms with Crippen LogP contribution >= 0.6 is 0 Å². The van der Waals surface area contributed by atoms with Crippen molar-refractivity contribution >= 4 is 35.0 Å². The molecule has 4 aromatic rings. The van der Waals surface area contributed by atoms with Crippen LogP contribution < -0.4 is 10.6 Å². The van der Waals surface area contributed by atoms with Gasteiger partial charge in [-0.25, -0.2) is 23.9 Å². The number of nitrogens with one attached hydrogen (secondary N) is 2. The van der Waals surface area contributed by atoms with Crippen molar-refractivity contribution in [3.63, 3.8) is 0 Å². The Kier molecular flexibility index (Phi) is 5.98. The van der Waals surface area contributed by atoms with Gasteiger partial charge in [-0.15, -0.1) is 0 Å². The summed E-state index contributed by atoms with van der Waals surface area (Å²) in [5.74, 6) is -1.54. The van der Waals surface area contributed by atoms with Gasteiger partial charge in [-0.05, 0) is 49.4 Å². The Morgan fingerprint density at radius 2 is 1.79 bits per heavy atom. The number of carboxylic acid groups (broad SMARTS) is 1. The van der Waals surface area contributed by atoms with Crippen molar-refractivity contribution in [2.75, 3.05) is 17.2 Å². The first-order valence-corrected chi connectivity index (χ1v) is 9.98. The Morgan fingerprint density at radius 3 is 2.52 bits per heavy atom. The molecule has 2 aromatic carbocycles. The number of benzene rings is 2. The topological polar surface area (TPSA) is 135 Å². The highest BCUT2D eigenvalue weighted by atomic mass is 16.5. The molecule has 0 aliphatic heterocycles. The molecular formula is C23H19N5O5. The molecule has 2 amide bonds. The Labute approximate surface area is 187 Å². The van der Waals surface area contributed by atoms with Crippen molar-refractivity contribution in [1.29, 1.82) is 0 Å². The molecule has 0 fully saturated rings. The summed E-state index contributed by atoms with van der Waals surface area (Å²) in [5.41, 5.74) is 2.96. The smallest absolute Gasteiger partial charge is 0.341 e. The molecule has 33 heavy (non-hydrogen) atoms. The van der Waals surface area contributed by atoms with Crippen LogP contribution in [0, 0.1) is 0 Å². The van der Waals surface area contributed by atoms with Crippen LogP contribution in [0.5, 0.6) is 0 Å². The van der Waals surface area contributed by atoms with Crippen molar-refractivity contribution < 1.29 is 24.2 Å². The van der Waals surface area contributed by atoms with Crippen LogP contribution in [-0.4, -0.2) is 44.3 Å². The van der Waals surface area contributed by atoms with Gasteiger partial charge >= 0.3 is 18.0 Å². The van der Waals surface area contributed by atoms with Crippen molar-refractivity contribution in [1.82, 2.24) is 14.6 Å². The highest BCUT2D eigenvalue weighted by molar-refractivity contribution is 6.00. The number of nitrogens with zero attached hydrogens (tertiary/aromatic N) is 3. The van der Waals surface area contributed by atoms with E-state index in [2.05, 4.69) is 20.7 Å². The summed E-state index contributed by atoms with van der Waals surface area (Å²) in [5, 5.41) is 18.9. The van der Waals surface area contributed by atoms with Gasteiger partial charge in [-0.1, -0.05) is 12.1 Å². The molecule has 0 bridgehead atoms. The lowest BCUT2D eigenvalue weighted by molar-refractivity contribution is 0.0526. The summed E-state index contributed by atoms with van der Waals surface area (Å²) in [7, 11) is 0. The number of carboxylic acids is 1. The maximum Gasteiger partial charge on any atom is 0.341 e. The summed E-state index contributed by atoms with van der Waals surface area (Å²) in [6, 6.07) is 14.6. The first-order valence-electron chi connectivity index (χ1n) is 9.98. The molecule has 10 heteroatoms. The molecule has 0 saturated heterocycles. The highest BCUT2D eigenvalue weighted by Crippen LogP contribution is 2.24. The maximum atomic E-state index is 12.4. The molecule has 0 unspecified atom stereocenters. The average Bonchev–Trinajstić information content (AvgIpc) is 3.24. The Bertz CT molecular complexity index is 1350. The van der Waals surface area contributed by atoms with Gasteiger partial charge in [0, 0.05) is 23.1 Å². The van der Waals surface area contributed by atoms with Crippen molar-refractivity contribution in [2.45, 2.75) is 6.92 Å². The molecule has 2 heterocycles. The maximum absolute atomic E-state index is 12.4. The predicted octanol–water partition coefficient (Wildman–Crippen LogP) is 3.92. The number of carbonyl (C=O) groups is 3. The molecule has 4 rings (SSSR count). The second-order valence-corrected chi connectivity index (χ2v) is 6.89. The molecule has 166 valence electrons. The quantitative estimate of drug-likeness (QED) is 0.383. The number of ether oxygens (including phenoxy) is 1. The number of anilines is 2. The molecule has 0 atom stereocenters. The van der Waals surface area contributed by atoms with Crippen LogP contribution in [0.3, 0.4) is 0 Å². The first kappa shape index (κ1) is 21.5. The molecule has 0 spiro atoms. The standard InChI is InChI=1S/C23H19N5O5/c1-2-33-22(31)14-6-8-16(9-7-14)26-23(32)27-17-5-3-4-15(12-17)19-10-11-24-20-18(21(29)30)13-25-28(19)20/h3-13H,2H2,1H3,(H,29,30)(H2,26,27,32). The van der Waals surface area contributed by atoms with Gasteiger partial charge in [0.15, 0.2) is 5.65 Å². The van der Waals surface area contributed by atoms with Crippen LogP contribution in [0.4, 0.5) is 16.2 Å². The molecule has 0 saturated carbocycles. The fourth-order valence-electron chi connectivity index (χ4n) is 3.21. The third-order valence-corrected chi connectivity index (χ3v) is 4.70. The van der Waals surface area contributed by atoms with E-state index in [4.69, 9.17) is 4.74 Å². The summed E-state index contributed by atoms with van der Waals surface area (Å²) in [6.45, 7) is 2.01. The zero-order chi connectivity index (χ0) is 23.4. The minimum Gasteiger partial charge on any atom is -0.477 e. The van der Waals surface area contributed by atoms with Gasteiger partial charge in [0.2, 0.25) is 0 Å². The van der Waals surface area contributed by atoms with Gasteiger partial charge in [-0.3, -0.25) is 0 Å². The Balaban J connectivity index is 1.50. The number of hydrogen-bond donors (Lipinski definition) is 3. The molecular weight excluding hydrogens is 426 g/mol. The van der Waals surface area contributed by atoms with E-state index in [0.29, 0.717) is 28.2 Å². The zero-order valence-electron chi connectivity index (χ0n) is 17.5. The van der Waals surface area contributed by atoms with Crippen molar-refractivity contribution in [2.24, 2.45) is 0 Å². The molecule has 2 aromatic heterocycles. The predicted molar refractivity (Wildman–Crippen MR) is 120 cm³/mol. The molecule has 0 radical (unpaired) electrons. The van der Waals surface area contributed by atoms with Crippen molar-refractivity contribution in [3.05, 3.63) is 78.1 Å². The average molecular weight is 445 g/mol. The normalized spacial score (nSPS) is 10.6. The number of aromatic nitrogens is 3. The minimum absolute atomic E-state index is 0.000479. The lowest BCUT2D eigenvalue weighted by atomic mass is 10.1. The molecule has 0 aliphatic carbocycles. The molecule has 10 nitrogen and oxygen atoms in total. The van der Waals surface area contributed by atoms with E-state index in [0.717, 1.165) is 0 Å². The molecule has 3 N–H and O–H groups in total. The van der Waals surface area contributed by atoms with E-state index < -0.39 is 18.0 Å². The monoisotopic (exact) mass is 445 g/mol. The zero-order valence-corrected chi connectivity index (χ0v) is 17.5. The summed E-state index contributed by atoms with van der Waals surface area (Å²) in [4.78, 5) is 39.6. The van der Waals surface area contributed by atoms with E-state index in [1.165, 1.54) is 16.9 Å². The fraction of sp³-hybridized carbons (Fsp3) is 0.0870. The van der Waals surface area contributed by atoms with Gasteiger partial charge in [0.05, 0.1) is 24.1 Å². The Hall–Kier alpha value is -4.73. The summed E-state index contributed by atoms with van der Waals surface area (Å²) < 4.78 is 6.38. The third kappa shape index (κ3) is 4.64. The van der Waals surface area contributed by atoms with Gasteiger partial charge in [0.1, 0.15) is 5.56 Å². The molecule has 0 aliphatic rings. The number of fused-ring (bicyclic) bond motifs is 1. The minimum atomic E-state index is -1.11. The summed E-state index contributed by atoms with van der Waals surface area (Å²) >= 11 is 0. The second-order valence-electron chi connectivity index (χ2n) is 6.89.